The second kappa shape index (κ2) is 5.94. The van der Waals surface area contributed by atoms with Gasteiger partial charge in [-0.25, -0.2) is 4.79 Å². The van der Waals surface area contributed by atoms with Gasteiger partial charge in [0.15, 0.2) is 0 Å². The third-order valence-electron chi connectivity index (χ3n) is 3.28. The third kappa shape index (κ3) is 3.55. The summed E-state index contributed by atoms with van der Waals surface area (Å²) in [6.45, 7) is 9.19. The van der Waals surface area contributed by atoms with Gasteiger partial charge in [0.1, 0.15) is 11.7 Å². The molecule has 2 rings (SSSR count). The van der Waals surface area contributed by atoms with E-state index in [0.717, 1.165) is 11.3 Å². The van der Waals surface area contributed by atoms with Gasteiger partial charge in [0, 0.05) is 25.2 Å². The van der Waals surface area contributed by atoms with Crippen molar-refractivity contribution in [1.29, 1.82) is 0 Å². The lowest BCUT2D eigenvalue weighted by atomic mass is 10.1. The monoisotopic (exact) mass is 306 g/mol. The van der Waals surface area contributed by atoms with Crippen molar-refractivity contribution in [2.75, 3.05) is 11.4 Å². The molecule has 0 radical (unpaired) electrons. The minimum absolute atomic E-state index is 0.353. The van der Waals surface area contributed by atoms with Crippen LogP contribution in [-0.4, -0.2) is 29.2 Å². The van der Waals surface area contributed by atoms with Crippen LogP contribution < -0.4 is 4.90 Å². The van der Waals surface area contributed by atoms with E-state index in [-0.39, 0.29) is 12.1 Å². The summed E-state index contributed by atoms with van der Waals surface area (Å²) in [6, 6.07) is 1.79. The number of anilines is 1. The van der Waals surface area contributed by atoms with E-state index >= 15 is 0 Å². The van der Waals surface area contributed by atoms with Crippen molar-refractivity contribution in [2.45, 2.75) is 52.7 Å². The molecule has 22 heavy (non-hydrogen) atoms. The van der Waals surface area contributed by atoms with E-state index in [1.54, 1.807) is 24.1 Å². The van der Waals surface area contributed by atoms with E-state index in [1.165, 1.54) is 6.92 Å². The van der Waals surface area contributed by atoms with Crippen LogP contribution in [0.15, 0.2) is 12.3 Å². The summed E-state index contributed by atoms with van der Waals surface area (Å²) < 4.78 is 10.6. The van der Waals surface area contributed by atoms with Gasteiger partial charge in [0.2, 0.25) is 0 Å². The van der Waals surface area contributed by atoms with Crippen molar-refractivity contribution in [3.05, 3.63) is 23.5 Å². The molecule has 0 aromatic carbocycles. The first-order valence-electron chi connectivity index (χ1n) is 7.34. The predicted octanol–water partition coefficient (Wildman–Crippen LogP) is 3.00. The molecule has 0 saturated heterocycles. The first-order valence-corrected chi connectivity index (χ1v) is 7.34. The molecule has 1 atom stereocenters. The Kier molecular flexibility index (Phi) is 4.39. The van der Waals surface area contributed by atoms with Crippen molar-refractivity contribution in [3.8, 4) is 0 Å². The first kappa shape index (κ1) is 16.3. The highest BCUT2D eigenvalue weighted by Crippen LogP contribution is 2.34. The van der Waals surface area contributed by atoms with Gasteiger partial charge >= 0.3 is 12.1 Å². The fraction of sp³-hybridized carbons (Fsp3) is 0.562. The number of nitrogens with zero attached hydrogens (tertiary/aromatic N) is 2. The zero-order valence-corrected chi connectivity index (χ0v) is 13.7. The lowest BCUT2D eigenvalue weighted by molar-refractivity contribution is -0.146. The molecule has 0 bridgehead atoms. The van der Waals surface area contributed by atoms with E-state index < -0.39 is 11.7 Å². The number of fused-ring (bicyclic) bond motifs is 1. The maximum Gasteiger partial charge on any atom is 0.414 e. The molecule has 2 heterocycles. The first-order chi connectivity index (χ1) is 10.2. The molecule has 1 aromatic heterocycles. The molecule has 0 saturated carbocycles. The van der Waals surface area contributed by atoms with Crippen molar-refractivity contribution >= 4 is 17.7 Å². The highest BCUT2D eigenvalue weighted by molar-refractivity contribution is 5.90. The maximum absolute atomic E-state index is 12.3. The molecule has 1 amide bonds. The average molecular weight is 306 g/mol. The summed E-state index contributed by atoms with van der Waals surface area (Å²) in [4.78, 5) is 29.3. The van der Waals surface area contributed by atoms with Gasteiger partial charge in [0.25, 0.3) is 0 Å². The standard InChI is InChI=1S/C16H22N2O4/c1-10(21-11(2)19)14-12-7-9-18(13(12)6-8-17-14)15(20)22-16(3,4)5/h6,8,10H,7,9H2,1-5H3. The van der Waals surface area contributed by atoms with Gasteiger partial charge < -0.3 is 9.47 Å². The molecule has 6 heteroatoms. The number of pyridine rings is 1. The second-order valence-corrected chi connectivity index (χ2v) is 6.33. The molecule has 0 fully saturated rings. The van der Waals surface area contributed by atoms with Crippen LogP contribution in [0.4, 0.5) is 10.5 Å². The number of aromatic nitrogens is 1. The Morgan fingerprint density at radius 3 is 2.64 bits per heavy atom. The highest BCUT2D eigenvalue weighted by Gasteiger charge is 2.32. The predicted molar refractivity (Wildman–Crippen MR) is 81.7 cm³/mol. The normalized spacial score (nSPS) is 15.2. The Hall–Kier alpha value is -2.11. The Morgan fingerprint density at radius 2 is 2.05 bits per heavy atom. The number of esters is 1. The molecule has 0 aliphatic carbocycles. The number of ether oxygens (including phenoxy) is 2. The van der Waals surface area contributed by atoms with E-state index in [0.29, 0.717) is 18.7 Å². The smallest absolute Gasteiger partial charge is 0.414 e. The molecule has 0 N–H and O–H groups in total. The Morgan fingerprint density at radius 1 is 1.36 bits per heavy atom. The molecule has 1 aromatic rings. The van der Waals surface area contributed by atoms with Gasteiger partial charge in [-0.05, 0) is 40.2 Å². The minimum atomic E-state index is -0.541. The van der Waals surface area contributed by atoms with Crippen LogP contribution in [0, 0.1) is 0 Å². The number of amides is 1. The Labute approximate surface area is 130 Å². The van der Waals surface area contributed by atoms with Crippen molar-refractivity contribution in [3.63, 3.8) is 0 Å². The number of hydrogen-bond donors (Lipinski definition) is 0. The van der Waals surface area contributed by atoms with E-state index in [9.17, 15) is 9.59 Å². The van der Waals surface area contributed by atoms with Crippen LogP contribution in [0.2, 0.25) is 0 Å². The van der Waals surface area contributed by atoms with Crippen LogP contribution in [0.3, 0.4) is 0 Å². The summed E-state index contributed by atoms with van der Waals surface area (Å²) >= 11 is 0. The molecule has 120 valence electrons. The molecule has 6 nitrogen and oxygen atoms in total. The van der Waals surface area contributed by atoms with Crippen LogP contribution in [0.25, 0.3) is 0 Å². The van der Waals surface area contributed by atoms with Crippen molar-refractivity contribution < 1.29 is 19.1 Å². The van der Waals surface area contributed by atoms with Gasteiger partial charge in [-0.3, -0.25) is 14.7 Å². The largest absolute Gasteiger partial charge is 0.456 e. The lowest BCUT2D eigenvalue weighted by Gasteiger charge is -2.25. The molecular formula is C16H22N2O4. The topological polar surface area (TPSA) is 68.7 Å². The number of carbonyl (C=O) groups excluding carboxylic acids is 2. The molecular weight excluding hydrogens is 284 g/mol. The summed E-state index contributed by atoms with van der Waals surface area (Å²) in [5.41, 5.74) is 1.86. The van der Waals surface area contributed by atoms with Gasteiger partial charge in [0.05, 0.1) is 11.4 Å². The van der Waals surface area contributed by atoms with Gasteiger partial charge in [-0.15, -0.1) is 0 Å². The highest BCUT2D eigenvalue weighted by atomic mass is 16.6. The zero-order valence-electron chi connectivity index (χ0n) is 13.7. The lowest BCUT2D eigenvalue weighted by Crippen LogP contribution is -2.35. The Balaban J connectivity index is 2.26. The van der Waals surface area contributed by atoms with Crippen molar-refractivity contribution in [1.82, 2.24) is 4.98 Å². The van der Waals surface area contributed by atoms with Crippen LogP contribution in [-0.2, 0) is 20.7 Å². The SMILES string of the molecule is CC(=O)OC(C)c1nccc2c1CCN2C(=O)OC(C)(C)C. The van der Waals surface area contributed by atoms with E-state index in [2.05, 4.69) is 4.98 Å². The minimum Gasteiger partial charge on any atom is -0.456 e. The summed E-state index contributed by atoms with van der Waals surface area (Å²) in [6.07, 6.45) is 1.48. The van der Waals surface area contributed by atoms with Crippen LogP contribution >= 0.6 is 0 Å². The quantitative estimate of drug-likeness (QED) is 0.786. The number of hydrogen-bond acceptors (Lipinski definition) is 5. The van der Waals surface area contributed by atoms with Gasteiger partial charge in [-0.1, -0.05) is 0 Å². The average Bonchev–Trinajstić information content (AvgIpc) is 2.79. The third-order valence-corrected chi connectivity index (χ3v) is 3.28. The van der Waals surface area contributed by atoms with E-state index in [1.807, 2.05) is 20.8 Å². The molecule has 1 aliphatic heterocycles. The Bertz CT molecular complexity index is 592. The molecule has 1 aliphatic rings. The number of rotatable bonds is 2. The zero-order chi connectivity index (χ0) is 16.5. The van der Waals surface area contributed by atoms with Crippen LogP contribution in [0.5, 0.6) is 0 Å². The summed E-state index contributed by atoms with van der Waals surface area (Å²) in [7, 11) is 0. The van der Waals surface area contributed by atoms with Crippen LogP contribution in [0.1, 0.15) is 52.0 Å². The summed E-state index contributed by atoms with van der Waals surface area (Å²) in [5, 5.41) is 0. The van der Waals surface area contributed by atoms with E-state index in [4.69, 9.17) is 9.47 Å². The summed E-state index contributed by atoms with van der Waals surface area (Å²) in [5.74, 6) is -0.353. The second-order valence-electron chi connectivity index (χ2n) is 6.33. The molecule has 0 spiro atoms. The maximum atomic E-state index is 12.3. The fourth-order valence-corrected chi connectivity index (χ4v) is 2.51. The molecule has 1 unspecified atom stereocenters. The van der Waals surface area contributed by atoms with Crippen molar-refractivity contribution in [2.24, 2.45) is 0 Å². The fourth-order valence-electron chi connectivity index (χ4n) is 2.51. The van der Waals surface area contributed by atoms with Gasteiger partial charge in [-0.2, -0.15) is 0 Å². The number of carbonyl (C=O) groups is 2.